The van der Waals surface area contributed by atoms with Crippen LogP contribution in [0, 0.1) is 16.7 Å². The first kappa shape index (κ1) is 10.5. The summed E-state index contributed by atoms with van der Waals surface area (Å²) in [4.78, 5) is 10.1. The molecule has 0 aliphatic rings. The fraction of sp³-hybridized carbons (Fsp3) is 0.222. The van der Waals surface area contributed by atoms with Crippen molar-refractivity contribution in [2.75, 3.05) is 6.61 Å². The molecular formula is C9H10NO4. The summed E-state index contributed by atoms with van der Waals surface area (Å²) in [6.07, 6.45) is 0. The van der Waals surface area contributed by atoms with Gasteiger partial charge in [-0.3, -0.25) is 10.1 Å². The minimum Gasteiger partial charge on any atom is -0.487 e. The summed E-state index contributed by atoms with van der Waals surface area (Å²) in [5.74, 6) is 0.0995. The van der Waals surface area contributed by atoms with Crippen LogP contribution in [0.1, 0.15) is 12.5 Å². The first-order chi connectivity index (χ1) is 6.70. The number of para-hydroxylation sites is 1. The van der Waals surface area contributed by atoms with Gasteiger partial charge in [0.2, 0.25) is 5.75 Å². The highest BCUT2D eigenvalue weighted by Crippen LogP contribution is 2.31. The molecule has 0 fully saturated rings. The summed E-state index contributed by atoms with van der Waals surface area (Å²) < 4.78 is 5.09. The van der Waals surface area contributed by atoms with Crippen LogP contribution in [0.15, 0.2) is 18.2 Å². The predicted molar refractivity (Wildman–Crippen MR) is 49.6 cm³/mol. The van der Waals surface area contributed by atoms with Gasteiger partial charge in [0.15, 0.2) is 0 Å². The lowest BCUT2D eigenvalue weighted by atomic mass is 10.2. The molecule has 5 heteroatoms. The highest BCUT2D eigenvalue weighted by atomic mass is 16.6. The second kappa shape index (κ2) is 4.57. The van der Waals surface area contributed by atoms with E-state index in [4.69, 9.17) is 9.84 Å². The second-order valence-electron chi connectivity index (χ2n) is 2.51. The molecule has 0 amide bonds. The van der Waals surface area contributed by atoms with Crippen LogP contribution in [0.5, 0.6) is 5.75 Å². The summed E-state index contributed by atoms with van der Waals surface area (Å²) in [6, 6.07) is 4.36. The molecule has 0 aromatic heterocycles. The van der Waals surface area contributed by atoms with Crippen LogP contribution in [0.25, 0.3) is 0 Å². The lowest BCUT2D eigenvalue weighted by molar-refractivity contribution is -0.385. The molecule has 0 heterocycles. The largest absolute Gasteiger partial charge is 0.487 e. The van der Waals surface area contributed by atoms with Gasteiger partial charge >= 0.3 is 5.69 Å². The number of aliphatic hydroxyl groups excluding tert-OH is 1. The van der Waals surface area contributed by atoms with Gasteiger partial charge in [0.25, 0.3) is 0 Å². The maximum Gasteiger partial charge on any atom is 0.311 e. The fourth-order valence-corrected chi connectivity index (χ4v) is 1.09. The molecule has 14 heavy (non-hydrogen) atoms. The third-order valence-corrected chi connectivity index (χ3v) is 1.65. The van der Waals surface area contributed by atoms with Crippen LogP contribution in [-0.4, -0.2) is 16.6 Å². The molecule has 1 aromatic rings. The lowest BCUT2D eigenvalue weighted by Crippen LogP contribution is -2.00. The maximum atomic E-state index is 10.6. The van der Waals surface area contributed by atoms with Crippen LogP contribution < -0.4 is 4.74 Å². The Morgan fingerprint density at radius 1 is 1.64 bits per heavy atom. The van der Waals surface area contributed by atoms with Gasteiger partial charge in [0.05, 0.1) is 11.5 Å². The predicted octanol–water partition coefficient (Wildman–Crippen LogP) is 1.88. The molecule has 1 aromatic carbocycles. The quantitative estimate of drug-likeness (QED) is 0.589. The van der Waals surface area contributed by atoms with E-state index in [0.717, 1.165) is 6.61 Å². The molecule has 0 bridgehead atoms. The molecule has 0 atom stereocenters. The Morgan fingerprint density at radius 2 is 2.36 bits per heavy atom. The van der Waals surface area contributed by atoms with E-state index in [-0.39, 0.29) is 11.4 Å². The Bertz CT molecular complexity index is 338. The Labute approximate surface area is 81.1 Å². The van der Waals surface area contributed by atoms with Gasteiger partial charge in [0, 0.05) is 11.6 Å². The highest BCUT2D eigenvalue weighted by molar-refractivity contribution is 5.53. The van der Waals surface area contributed by atoms with Gasteiger partial charge < -0.3 is 9.84 Å². The molecule has 0 unspecified atom stereocenters. The number of ether oxygens (including phenoxy) is 1. The Hall–Kier alpha value is -1.62. The van der Waals surface area contributed by atoms with Crippen molar-refractivity contribution in [2.24, 2.45) is 0 Å². The molecule has 1 N–H and O–H groups in total. The number of benzene rings is 1. The molecule has 0 spiro atoms. The van der Waals surface area contributed by atoms with Gasteiger partial charge in [-0.05, 0) is 6.92 Å². The Balaban J connectivity index is 3.20. The van der Waals surface area contributed by atoms with Crippen molar-refractivity contribution in [1.82, 2.24) is 0 Å². The van der Waals surface area contributed by atoms with Gasteiger partial charge in [-0.15, -0.1) is 0 Å². The third-order valence-electron chi connectivity index (χ3n) is 1.65. The standard InChI is InChI=1S/C9H10NO4/c1-2-14-9-7(6-11)4-3-5-8(9)10(12)13/h3-6,11H,2H2,1H3. The molecule has 1 rings (SSSR count). The lowest BCUT2D eigenvalue weighted by Gasteiger charge is -2.07. The number of hydrogen-bond donors (Lipinski definition) is 1. The number of aliphatic hydroxyl groups is 1. The molecule has 75 valence electrons. The monoisotopic (exact) mass is 196 g/mol. The average molecular weight is 196 g/mol. The molecular weight excluding hydrogens is 186 g/mol. The number of nitrogens with zero attached hydrogens (tertiary/aromatic N) is 1. The smallest absolute Gasteiger partial charge is 0.311 e. The summed E-state index contributed by atoms with van der Waals surface area (Å²) in [7, 11) is 0. The molecule has 5 nitrogen and oxygen atoms in total. The van der Waals surface area contributed by atoms with E-state index in [9.17, 15) is 10.1 Å². The normalized spacial score (nSPS) is 9.86. The van der Waals surface area contributed by atoms with Crippen molar-refractivity contribution in [1.29, 1.82) is 0 Å². The number of hydrogen-bond acceptors (Lipinski definition) is 4. The van der Waals surface area contributed by atoms with Crippen molar-refractivity contribution < 1.29 is 14.8 Å². The minimum atomic E-state index is -0.544. The van der Waals surface area contributed by atoms with Crippen LogP contribution in [0.4, 0.5) is 5.69 Å². The Kier molecular flexibility index (Phi) is 3.41. The summed E-state index contributed by atoms with van der Waals surface area (Å²) in [5.41, 5.74) is 0.163. The Morgan fingerprint density at radius 3 is 2.86 bits per heavy atom. The van der Waals surface area contributed by atoms with E-state index in [1.54, 1.807) is 6.92 Å². The van der Waals surface area contributed by atoms with Crippen molar-refractivity contribution in [3.63, 3.8) is 0 Å². The van der Waals surface area contributed by atoms with Crippen LogP contribution in [0.3, 0.4) is 0 Å². The highest BCUT2D eigenvalue weighted by Gasteiger charge is 2.17. The average Bonchev–Trinajstić information content (AvgIpc) is 2.18. The fourth-order valence-electron chi connectivity index (χ4n) is 1.09. The topological polar surface area (TPSA) is 72.6 Å². The van der Waals surface area contributed by atoms with Crippen molar-refractivity contribution >= 4 is 5.69 Å². The molecule has 0 saturated carbocycles. The van der Waals surface area contributed by atoms with Gasteiger partial charge in [-0.2, -0.15) is 0 Å². The molecule has 0 saturated heterocycles. The number of nitro benzene ring substituents is 1. The zero-order valence-corrected chi connectivity index (χ0v) is 7.64. The third kappa shape index (κ3) is 2.00. The zero-order chi connectivity index (χ0) is 10.6. The van der Waals surface area contributed by atoms with E-state index in [1.165, 1.54) is 18.2 Å². The van der Waals surface area contributed by atoms with Crippen molar-refractivity contribution in [3.05, 3.63) is 40.5 Å². The maximum absolute atomic E-state index is 10.6. The van der Waals surface area contributed by atoms with Crippen LogP contribution in [-0.2, 0) is 0 Å². The zero-order valence-electron chi connectivity index (χ0n) is 7.64. The first-order valence-corrected chi connectivity index (χ1v) is 4.08. The van der Waals surface area contributed by atoms with E-state index in [1.807, 2.05) is 0 Å². The first-order valence-electron chi connectivity index (χ1n) is 4.08. The van der Waals surface area contributed by atoms with Gasteiger partial charge in [0.1, 0.15) is 6.61 Å². The molecule has 0 aliphatic carbocycles. The minimum absolute atomic E-state index is 0.0995. The van der Waals surface area contributed by atoms with Crippen LogP contribution in [0.2, 0.25) is 0 Å². The van der Waals surface area contributed by atoms with Crippen LogP contribution >= 0.6 is 0 Å². The SMILES string of the molecule is CCOc1c([CH]O)cccc1[N+](=O)[O-]. The number of rotatable bonds is 4. The summed E-state index contributed by atoms with van der Waals surface area (Å²) in [5, 5.41) is 19.4. The van der Waals surface area contributed by atoms with E-state index < -0.39 is 4.92 Å². The van der Waals surface area contributed by atoms with Gasteiger partial charge in [-0.1, -0.05) is 12.1 Å². The van der Waals surface area contributed by atoms with E-state index in [0.29, 0.717) is 12.2 Å². The summed E-state index contributed by atoms with van der Waals surface area (Å²) >= 11 is 0. The second-order valence-corrected chi connectivity index (χ2v) is 2.51. The van der Waals surface area contributed by atoms with E-state index >= 15 is 0 Å². The van der Waals surface area contributed by atoms with Gasteiger partial charge in [-0.25, -0.2) is 0 Å². The van der Waals surface area contributed by atoms with Crippen molar-refractivity contribution in [2.45, 2.75) is 6.92 Å². The van der Waals surface area contributed by atoms with E-state index in [2.05, 4.69) is 0 Å². The molecule has 0 aliphatic heterocycles. The number of nitro groups is 1. The molecule has 1 radical (unpaired) electrons. The van der Waals surface area contributed by atoms with Crippen molar-refractivity contribution in [3.8, 4) is 5.75 Å². The summed E-state index contributed by atoms with van der Waals surface area (Å²) in [6.45, 7) is 2.82.